The van der Waals surface area contributed by atoms with Crippen molar-refractivity contribution in [2.75, 3.05) is 32.8 Å². The van der Waals surface area contributed by atoms with E-state index >= 15 is 0 Å². The molecule has 2 atom stereocenters. The maximum atomic E-state index is 13.1. The quantitative estimate of drug-likeness (QED) is 0.786. The van der Waals surface area contributed by atoms with Crippen molar-refractivity contribution in [3.63, 3.8) is 0 Å². The second-order valence-corrected chi connectivity index (χ2v) is 8.19. The van der Waals surface area contributed by atoms with Gasteiger partial charge in [-0.2, -0.15) is 4.31 Å². The molecule has 9 heteroatoms. The highest BCUT2D eigenvalue weighted by molar-refractivity contribution is 7.89. The van der Waals surface area contributed by atoms with Gasteiger partial charge in [-0.3, -0.25) is 0 Å². The van der Waals surface area contributed by atoms with Crippen molar-refractivity contribution in [2.24, 2.45) is 0 Å². The fourth-order valence-electron chi connectivity index (χ4n) is 3.32. The zero-order chi connectivity index (χ0) is 18.2. The summed E-state index contributed by atoms with van der Waals surface area (Å²) < 4.78 is 45.4. The maximum Gasteiger partial charge on any atom is 0.321 e. The molecule has 2 aliphatic heterocycles. The number of benzene rings is 1. The van der Waals surface area contributed by atoms with Crippen LogP contribution in [0.2, 0.25) is 0 Å². The van der Waals surface area contributed by atoms with Crippen LogP contribution in [0.4, 0.5) is 9.18 Å². The topological polar surface area (TPSA) is 70.2 Å². The SMILES string of the molecule is C[C@@H]1CN(S(=O)(=O)c2ccc(F)cc2)[C@@H](C)N1C(=O)N1CCOCC1. The number of sulfonamides is 1. The molecule has 0 saturated carbocycles. The molecule has 1 aromatic carbocycles. The van der Waals surface area contributed by atoms with E-state index in [0.29, 0.717) is 26.3 Å². The summed E-state index contributed by atoms with van der Waals surface area (Å²) in [5, 5.41) is 0. The Morgan fingerprint density at radius 1 is 1.16 bits per heavy atom. The summed E-state index contributed by atoms with van der Waals surface area (Å²) in [5.41, 5.74) is 0. The van der Waals surface area contributed by atoms with Crippen LogP contribution in [-0.4, -0.2) is 73.6 Å². The van der Waals surface area contributed by atoms with Gasteiger partial charge in [0.15, 0.2) is 0 Å². The summed E-state index contributed by atoms with van der Waals surface area (Å²) in [5.74, 6) is -0.495. The van der Waals surface area contributed by atoms with Crippen LogP contribution in [-0.2, 0) is 14.8 Å². The monoisotopic (exact) mass is 371 g/mol. The Bertz CT molecular complexity index is 734. The minimum absolute atomic E-state index is 0.0219. The van der Waals surface area contributed by atoms with Crippen molar-refractivity contribution < 1.29 is 22.3 Å². The first kappa shape index (κ1) is 18.1. The summed E-state index contributed by atoms with van der Waals surface area (Å²) >= 11 is 0. The smallest absolute Gasteiger partial charge is 0.321 e. The van der Waals surface area contributed by atoms with E-state index in [1.807, 2.05) is 6.92 Å². The molecule has 0 N–H and O–H groups in total. The highest BCUT2D eigenvalue weighted by Crippen LogP contribution is 2.28. The highest BCUT2D eigenvalue weighted by atomic mass is 32.2. The average molecular weight is 371 g/mol. The number of amides is 2. The van der Waals surface area contributed by atoms with Crippen LogP contribution in [0.5, 0.6) is 0 Å². The number of morpholine rings is 1. The molecule has 0 radical (unpaired) electrons. The minimum Gasteiger partial charge on any atom is -0.378 e. The number of ether oxygens (including phenoxy) is 1. The van der Waals surface area contributed by atoms with Gasteiger partial charge in [-0.1, -0.05) is 0 Å². The molecule has 0 unspecified atom stereocenters. The third kappa shape index (κ3) is 3.36. The predicted octanol–water partition coefficient (Wildman–Crippen LogP) is 1.32. The fourth-order valence-corrected chi connectivity index (χ4v) is 4.98. The van der Waals surface area contributed by atoms with Crippen molar-refractivity contribution in [3.05, 3.63) is 30.1 Å². The Morgan fingerprint density at radius 2 is 1.76 bits per heavy atom. The van der Waals surface area contributed by atoms with E-state index in [4.69, 9.17) is 4.74 Å². The lowest BCUT2D eigenvalue weighted by molar-refractivity contribution is 0.0382. The molecule has 0 aliphatic carbocycles. The van der Waals surface area contributed by atoms with Crippen LogP contribution in [0, 0.1) is 5.82 Å². The maximum absolute atomic E-state index is 13.1. The molecule has 2 saturated heterocycles. The van der Waals surface area contributed by atoms with Crippen molar-refractivity contribution in [1.29, 1.82) is 0 Å². The minimum atomic E-state index is -3.81. The summed E-state index contributed by atoms with van der Waals surface area (Å²) in [6.45, 7) is 5.70. The fraction of sp³-hybridized carbons (Fsp3) is 0.562. The van der Waals surface area contributed by atoms with E-state index in [1.54, 1.807) is 16.7 Å². The molecular weight excluding hydrogens is 349 g/mol. The molecule has 0 bridgehead atoms. The van der Waals surface area contributed by atoms with Crippen molar-refractivity contribution >= 4 is 16.1 Å². The van der Waals surface area contributed by atoms with E-state index < -0.39 is 22.0 Å². The largest absolute Gasteiger partial charge is 0.378 e. The summed E-state index contributed by atoms with van der Waals surface area (Å²) in [6.07, 6.45) is -0.611. The van der Waals surface area contributed by atoms with Gasteiger partial charge in [-0.25, -0.2) is 17.6 Å². The molecule has 2 fully saturated rings. The van der Waals surface area contributed by atoms with Crippen molar-refractivity contribution in [2.45, 2.75) is 31.0 Å². The van der Waals surface area contributed by atoms with Crippen LogP contribution in [0.15, 0.2) is 29.2 Å². The van der Waals surface area contributed by atoms with Gasteiger partial charge >= 0.3 is 6.03 Å². The lowest BCUT2D eigenvalue weighted by Gasteiger charge is -2.35. The number of urea groups is 1. The van der Waals surface area contributed by atoms with Crippen molar-refractivity contribution in [1.82, 2.24) is 14.1 Å². The predicted molar refractivity (Wildman–Crippen MR) is 88.8 cm³/mol. The number of hydrogen-bond acceptors (Lipinski definition) is 4. The van der Waals surface area contributed by atoms with E-state index in [9.17, 15) is 17.6 Å². The van der Waals surface area contributed by atoms with Gasteiger partial charge < -0.3 is 14.5 Å². The average Bonchev–Trinajstić information content (AvgIpc) is 2.90. The van der Waals surface area contributed by atoms with Gasteiger partial charge in [0.25, 0.3) is 0 Å². The van der Waals surface area contributed by atoms with Gasteiger partial charge in [0.1, 0.15) is 5.82 Å². The molecule has 0 spiro atoms. The molecule has 0 aromatic heterocycles. The molecule has 2 heterocycles. The van der Waals surface area contributed by atoms with Crippen LogP contribution in [0.25, 0.3) is 0 Å². The number of halogens is 1. The van der Waals surface area contributed by atoms with Crippen LogP contribution < -0.4 is 0 Å². The van der Waals surface area contributed by atoms with Gasteiger partial charge in [-0.05, 0) is 38.1 Å². The van der Waals surface area contributed by atoms with Crippen molar-refractivity contribution in [3.8, 4) is 0 Å². The van der Waals surface area contributed by atoms with Gasteiger partial charge in [0.2, 0.25) is 10.0 Å². The third-order valence-corrected chi connectivity index (χ3v) is 6.60. The van der Waals surface area contributed by atoms with Gasteiger partial charge in [-0.15, -0.1) is 0 Å². The van der Waals surface area contributed by atoms with Gasteiger partial charge in [0, 0.05) is 25.7 Å². The number of carbonyl (C=O) groups excluding carboxylic acids is 1. The van der Waals surface area contributed by atoms with E-state index in [-0.39, 0.29) is 23.5 Å². The van der Waals surface area contributed by atoms with E-state index in [1.165, 1.54) is 16.4 Å². The number of nitrogens with zero attached hydrogens (tertiary/aromatic N) is 3. The Balaban J connectivity index is 1.82. The number of hydrogen-bond donors (Lipinski definition) is 0. The Morgan fingerprint density at radius 3 is 2.36 bits per heavy atom. The van der Waals surface area contributed by atoms with Crippen LogP contribution in [0.1, 0.15) is 13.8 Å². The zero-order valence-electron chi connectivity index (χ0n) is 14.3. The van der Waals surface area contributed by atoms with Gasteiger partial charge in [0.05, 0.1) is 24.3 Å². The molecule has 3 rings (SSSR count). The number of rotatable bonds is 2. The first-order valence-corrected chi connectivity index (χ1v) is 9.69. The molecular formula is C16H22FN3O4S. The summed E-state index contributed by atoms with van der Waals surface area (Å²) in [4.78, 5) is 16.1. The lowest BCUT2D eigenvalue weighted by atomic mass is 10.3. The zero-order valence-corrected chi connectivity index (χ0v) is 15.1. The first-order chi connectivity index (χ1) is 11.8. The molecule has 2 aliphatic rings. The lowest BCUT2D eigenvalue weighted by Crippen LogP contribution is -2.52. The highest BCUT2D eigenvalue weighted by Gasteiger charge is 2.45. The first-order valence-electron chi connectivity index (χ1n) is 8.25. The normalized spacial score (nSPS) is 25.4. The van der Waals surface area contributed by atoms with E-state index in [0.717, 1.165) is 12.1 Å². The Hall–Kier alpha value is -1.71. The molecule has 25 heavy (non-hydrogen) atoms. The van der Waals surface area contributed by atoms with E-state index in [2.05, 4.69) is 0 Å². The second kappa shape index (κ2) is 6.89. The number of carbonyl (C=O) groups is 1. The second-order valence-electron chi connectivity index (χ2n) is 6.30. The molecule has 1 aromatic rings. The van der Waals surface area contributed by atoms with Crippen LogP contribution in [0.3, 0.4) is 0 Å². The summed E-state index contributed by atoms with van der Waals surface area (Å²) in [7, 11) is -3.81. The Labute approximate surface area is 147 Å². The Kier molecular flexibility index (Phi) is 4.99. The molecule has 7 nitrogen and oxygen atoms in total. The molecule has 2 amide bonds. The molecule has 138 valence electrons. The van der Waals surface area contributed by atoms with Crippen LogP contribution >= 0.6 is 0 Å². The third-order valence-electron chi connectivity index (χ3n) is 4.66. The summed E-state index contributed by atoms with van der Waals surface area (Å²) in [6, 6.07) is 4.30. The standard InChI is InChI=1S/C16H22FN3O4S/c1-12-11-19(25(22,23)15-5-3-14(17)4-6-15)13(2)20(12)16(21)18-7-9-24-10-8-18/h3-6,12-13H,7-11H2,1-2H3/t12-,13-/m1/s1.